The van der Waals surface area contributed by atoms with Gasteiger partial charge in [-0.05, 0) is 19.8 Å². The molecule has 0 atom stereocenters. The summed E-state index contributed by atoms with van der Waals surface area (Å²) in [6.45, 7) is 7.57. The number of para-hydroxylation sites is 1. The Morgan fingerprint density at radius 1 is 1.26 bits per heavy atom. The Morgan fingerprint density at radius 3 is 2.67 bits per heavy atom. The highest BCUT2D eigenvalue weighted by atomic mass is 16.6. The second-order valence-corrected chi connectivity index (χ2v) is 6.17. The van der Waals surface area contributed by atoms with E-state index in [1.165, 1.54) is 6.07 Å². The summed E-state index contributed by atoms with van der Waals surface area (Å²) in [5.74, 6) is 1.70. The number of guanidine groups is 1. The van der Waals surface area contributed by atoms with E-state index in [0.29, 0.717) is 30.5 Å². The molecule has 0 radical (unpaired) electrons. The van der Waals surface area contributed by atoms with Gasteiger partial charge >= 0.3 is 0 Å². The molecule has 0 aliphatic carbocycles. The van der Waals surface area contributed by atoms with Gasteiger partial charge in [0.05, 0.1) is 29.3 Å². The Morgan fingerprint density at radius 2 is 2.00 bits per heavy atom. The lowest BCUT2D eigenvalue weighted by Crippen LogP contribution is -2.36. The third kappa shape index (κ3) is 5.80. The van der Waals surface area contributed by atoms with Crippen LogP contribution < -0.4 is 10.6 Å². The van der Waals surface area contributed by atoms with Crippen LogP contribution in [-0.2, 0) is 13.1 Å². The lowest BCUT2D eigenvalue weighted by Gasteiger charge is -2.10. The van der Waals surface area contributed by atoms with Crippen molar-refractivity contribution in [2.24, 2.45) is 4.99 Å². The third-order valence-corrected chi connectivity index (χ3v) is 4.35. The van der Waals surface area contributed by atoms with Crippen molar-refractivity contribution < 1.29 is 9.45 Å². The summed E-state index contributed by atoms with van der Waals surface area (Å²) in [6.07, 6.45) is 2.05. The zero-order valence-electron chi connectivity index (χ0n) is 16.1. The molecule has 2 N–H and O–H groups in total. The zero-order chi connectivity index (χ0) is 19.6. The molecule has 1 aromatic heterocycles. The van der Waals surface area contributed by atoms with E-state index in [1.807, 2.05) is 13.0 Å². The predicted octanol–water partition coefficient (Wildman–Crippen LogP) is 3.74. The van der Waals surface area contributed by atoms with Gasteiger partial charge in [0.2, 0.25) is 0 Å². The maximum absolute atomic E-state index is 11.1. The van der Waals surface area contributed by atoms with Gasteiger partial charge in [0, 0.05) is 24.6 Å². The number of aromatic nitrogens is 1. The van der Waals surface area contributed by atoms with Gasteiger partial charge in [0.25, 0.3) is 5.69 Å². The van der Waals surface area contributed by atoms with Gasteiger partial charge < -0.3 is 15.2 Å². The summed E-state index contributed by atoms with van der Waals surface area (Å²) < 4.78 is 5.41. The SMILES string of the molecule is CCNC(=NCc1ccccc1[N+](=O)[O-])NCc1cc(C(CC)CC)no1. The van der Waals surface area contributed by atoms with E-state index >= 15 is 0 Å². The molecular weight excluding hydrogens is 346 g/mol. The van der Waals surface area contributed by atoms with Gasteiger partial charge in [-0.2, -0.15) is 0 Å². The number of nitrogens with one attached hydrogen (secondary N) is 2. The van der Waals surface area contributed by atoms with E-state index in [4.69, 9.17) is 4.52 Å². The van der Waals surface area contributed by atoms with Gasteiger partial charge in [-0.1, -0.05) is 37.2 Å². The molecule has 1 heterocycles. The molecule has 0 spiro atoms. The molecule has 2 aromatic rings. The molecule has 8 nitrogen and oxygen atoms in total. The second kappa shape index (κ2) is 10.3. The van der Waals surface area contributed by atoms with Gasteiger partial charge in [0.1, 0.15) is 0 Å². The Balaban J connectivity index is 2.03. The van der Waals surface area contributed by atoms with Gasteiger partial charge in [0.15, 0.2) is 11.7 Å². The molecule has 0 aliphatic heterocycles. The molecule has 0 saturated heterocycles. The molecule has 27 heavy (non-hydrogen) atoms. The molecule has 0 unspecified atom stereocenters. The highest BCUT2D eigenvalue weighted by Crippen LogP contribution is 2.22. The topological polar surface area (TPSA) is 106 Å². The van der Waals surface area contributed by atoms with Crippen molar-refractivity contribution >= 4 is 11.6 Å². The molecular formula is C19H27N5O3. The van der Waals surface area contributed by atoms with Crippen LogP contribution in [0.15, 0.2) is 39.8 Å². The molecule has 1 aromatic carbocycles. The van der Waals surface area contributed by atoms with Crippen molar-refractivity contribution in [3.8, 4) is 0 Å². The number of nitro benzene ring substituents is 1. The van der Waals surface area contributed by atoms with Gasteiger partial charge in [-0.15, -0.1) is 0 Å². The van der Waals surface area contributed by atoms with Crippen molar-refractivity contribution in [2.75, 3.05) is 6.54 Å². The highest BCUT2D eigenvalue weighted by molar-refractivity contribution is 5.79. The number of hydrogen-bond acceptors (Lipinski definition) is 5. The van der Waals surface area contributed by atoms with Crippen LogP contribution in [0, 0.1) is 10.1 Å². The largest absolute Gasteiger partial charge is 0.359 e. The smallest absolute Gasteiger partial charge is 0.274 e. The summed E-state index contributed by atoms with van der Waals surface area (Å²) in [5, 5.41) is 21.6. The summed E-state index contributed by atoms with van der Waals surface area (Å²) in [7, 11) is 0. The molecule has 0 amide bonds. The summed E-state index contributed by atoms with van der Waals surface area (Å²) in [6, 6.07) is 8.58. The van der Waals surface area contributed by atoms with Crippen LogP contribution in [0.1, 0.15) is 56.5 Å². The molecule has 146 valence electrons. The highest BCUT2D eigenvalue weighted by Gasteiger charge is 2.14. The molecule has 0 saturated carbocycles. The standard InChI is InChI=1S/C19H27N5O3/c1-4-14(5-2)17-11-16(27-23-17)13-22-19(20-6-3)21-12-15-9-7-8-10-18(15)24(25)26/h7-11,14H,4-6,12-13H2,1-3H3,(H2,20,21,22). The lowest BCUT2D eigenvalue weighted by molar-refractivity contribution is -0.385. The molecule has 0 aliphatic rings. The average molecular weight is 373 g/mol. The first-order chi connectivity index (χ1) is 13.1. The first-order valence-electron chi connectivity index (χ1n) is 9.28. The van der Waals surface area contributed by atoms with Crippen LogP contribution in [0.3, 0.4) is 0 Å². The predicted molar refractivity (Wildman–Crippen MR) is 105 cm³/mol. The summed E-state index contributed by atoms with van der Waals surface area (Å²) in [4.78, 5) is 15.2. The second-order valence-electron chi connectivity index (χ2n) is 6.17. The fraction of sp³-hybridized carbons (Fsp3) is 0.474. The number of rotatable bonds is 9. The van der Waals surface area contributed by atoms with Crippen LogP contribution in [0.5, 0.6) is 0 Å². The summed E-state index contributed by atoms with van der Waals surface area (Å²) in [5.41, 5.74) is 1.61. The van der Waals surface area contributed by atoms with Crippen molar-refractivity contribution in [2.45, 2.75) is 52.6 Å². The Kier molecular flexibility index (Phi) is 7.79. The van der Waals surface area contributed by atoms with E-state index in [-0.39, 0.29) is 17.2 Å². The third-order valence-electron chi connectivity index (χ3n) is 4.35. The molecule has 8 heteroatoms. The van der Waals surface area contributed by atoms with E-state index in [9.17, 15) is 10.1 Å². The molecule has 0 fully saturated rings. The first-order valence-corrected chi connectivity index (χ1v) is 9.28. The number of hydrogen-bond donors (Lipinski definition) is 2. The molecule has 0 bridgehead atoms. The Hall–Kier alpha value is -2.90. The van der Waals surface area contributed by atoms with Crippen LogP contribution in [-0.4, -0.2) is 22.6 Å². The van der Waals surface area contributed by atoms with Crippen molar-refractivity contribution in [3.05, 3.63) is 57.5 Å². The van der Waals surface area contributed by atoms with Crippen LogP contribution in [0.25, 0.3) is 0 Å². The fourth-order valence-electron chi connectivity index (χ4n) is 2.81. The van der Waals surface area contributed by atoms with Crippen molar-refractivity contribution in [1.82, 2.24) is 15.8 Å². The quantitative estimate of drug-likeness (QED) is 0.300. The zero-order valence-corrected chi connectivity index (χ0v) is 16.1. The Bertz CT molecular complexity index is 768. The maximum atomic E-state index is 11.1. The maximum Gasteiger partial charge on any atom is 0.274 e. The minimum atomic E-state index is -0.390. The van der Waals surface area contributed by atoms with Crippen LogP contribution in [0.2, 0.25) is 0 Å². The number of nitrogens with zero attached hydrogens (tertiary/aromatic N) is 3. The van der Waals surface area contributed by atoms with E-state index in [0.717, 1.165) is 24.3 Å². The van der Waals surface area contributed by atoms with Gasteiger partial charge in [-0.3, -0.25) is 10.1 Å². The van der Waals surface area contributed by atoms with E-state index in [1.54, 1.807) is 18.2 Å². The minimum absolute atomic E-state index is 0.0714. The lowest BCUT2D eigenvalue weighted by atomic mass is 9.99. The number of nitro groups is 1. The van der Waals surface area contributed by atoms with E-state index < -0.39 is 0 Å². The number of aliphatic imine (C=N–C) groups is 1. The fourth-order valence-corrected chi connectivity index (χ4v) is 2.81. The first kappa shape index (κ1) is 20.4. The minimum Gasteiger partial charge on any atom is -0.359 e. The molecule has 2 rings (SSSR count). The van der Waals surface area contributed by atoms with Crippen LogP contribution in [0.4, 0.5) is 5.69 Å². The van der Waals surface area contributed by atoms with Gasteiger partial charge in [-0.25, -0.2) is 4.99 Å². The normalized spacial score (nSPS) is 11.6. The van der Waals surface area contributed by atoms with Crippen molar-refractivity contribution in [3.63, 3.8) is 0 Å². The van der Waals surface area contributed by atoms with E-state index in [2.05, 4.69) is 34.6 Å². The summed E-state index contributed by atoms with van der Waals surface area (Å²) >= 11 is 0. The Labute approximate surface area is 159 Å². The van der Waals surface area contributed by atoms with Crippen LogP contribution >= 0.6 is 0 Å². The average Bonchev–Trinajstić information content (AvgIpc) is 3.14. The van der Waals surface area contributed by atoms with Crippen molar-refractivity contribution in [1.29, 1.82) is 0 Å². The number of benzene rings is 1. The monoisotopic (exact) mass is 373 g/mol.